The van der Waals surface area contributed by atoms with Crippen LogP contribution in [0.3, 0.4) is 0 Å². The first kappa shape index (κ1) is 16.6. The summed E-state index contributed by atoms with van der Waals surface area (Å²) in [6.45, 7) is 2.58. The Bertz CT molecular complexity index is 779. The van der Waals surface area contributed by atoms with Crippen LogP contribution in [0.1, 0.15) is 35.6 Å². The van der Waals surface area contributed by atoms with Gasteiger partial charge < -0.3 is 9.64 Å². The zero-order valence-corrected chi connectivity index (χ0v) is 14.2. The lowest BCUT2D eigenvalue weighted by molar-refractivity contribution is -0.0611. The summed E-state index contributed by atoms with van der Waals surface area (Å²) in [5, 5.41) is 9.15. The van der Waals surface area contributed by atoms with Gasteiger partial charge in [-0.1, -0.05) is 25.1 Å². The molecule has 0 radical (unpaired) electrons. The molecule has 2 aromatic carbocycles. The minimum absolute atomic E-state index is 0.0946. The molecule has 3 rings (SSSR count). The van der Waals surface area contributed by atoms with Gasteiger partial charge in [0.15, 0.2) is 0 Å². The number of benzene rings is 2. The molecule has 0 N–H and O–H groups in total. The average Bonchev–Trinajstić information content (AvgIpc) is 2.95. The van der Waals surface area contributed by atoms with E-state index in [1.165, 1.54) is 12.1 Å². The second-order valence-corrected chi connectivity index (χ2v) is 6.40. The van der Waals surface area contributed by atoms with Crippen molar-refractivity contribution in [3.8, 4) is 6.07 Å². The number of nitrogens with zero attached hydrogens (tertiary/aromatic N) is 2. The molecule has 1 aliphatic heterocycles. The summed E-state index contributed by atoms with van der Waals surface area (Å²) in [5.74, 6) is -0.259. The van der Waals surface area contributed by atoms with Gasteiger partial charge in [-0.05, 0) is 61.5 Å². The molecule has 0 saturated heterocycles. The predicted octanol–water partition coefficient (Wildman–Crippen LogP) is 3.81. The molecular formula is C20H21FN2O. The third kappa shape index (κ3) is 2.50. The average molecular weight is 324 g/mol. The molecule has 2 aromatic rings. The third-order valence-corrected chi connectivity index (χ3v) is 4.84. The van der Waals surface area contributed by atoms with Crippen molar-refractivity contribution in [2.75, 3.05) is 14.1 Å². The first-order valence-electron chi connectivity index (χ1n) is 8.12. The summed E-state index contributed by atoms with van der Waals surface area (Å²) < 4.78 is 19.8. The highest BCUT2D eigenvalue weighted by molar-refractivity contribution is 5.49. The smallest absolute Gasteiger partial charge is 0.134 e. The van der Waals surface area contributed by atoms with E-state index >= 15 is 0 Å². The fourth-order valence-electron chi connectivity index (χ4n) is 3.83. The van der Waals surface area contributed by atoms with E-state index in [-0.39, 0.29) is 11.9 Å². The normalized spacial score (nSPS) is 20.7. The van der Waals surface area contributed by atoms with Crippen molar-refractivity contribution in [1.82, 2.24) is 4.90 Å². The summed E-state index contributed by atoms with van der Waals surface area (Å²) >= 11 is 0. The summed E-state index contributed by atoms with van der Waals surface area (Å²) in [7, 11) is 4.06. The van der Waals surface area contributed by atoms with Crippen LogP contribution in [0.25, 0.3) is 0 Å². The SMILES string of the molecule is CCC(N(C)C)[C@@]1(c2ccc(F)cc2)OCc2cc(C#N)ccc21. The first-order valence-corrected chi connectivity index (χ1v) is 8.12. The van der Waals surface area contributed by atoms with Gasteiger partial charge in [-0.15, -0.1) is 0 Å². The van der Waals surface area contributed by atoms with Gasteiger partial charge in [0, 0.05) is 6.04 Å². The molecule has 0 amide bonds. The Labute approximate surface area is 142 Å². The van der Waals surface area contributed by atoms with Crippen LogP contribution in [0, 0.1) is 17.1 Å². The van der Waals surface area contributed by atoms with Gasteiger partial charge in [0.2, 0.25) is 0 Å². The summed E-state index contributed by atoms with van der Waals surface area (Å²) in [5.41, 5.74) is 3.00. The molecule has 0 saturated carbocycles. The standard InChI is InChI=1S/C20H21FN2O/c1-4-19(23(2)3)20(16-6-8-17(21)9-7-16)18-10-5-14(12-22)11-15(18)13-24-20/h5-11,19H,4,13H2,1-3H3/t19?,20-/m0/s1. The van der Waals surface area contributed by atoms with Gasteiger partial charge in [-0.25, -0.2) is 4.39 Å². The van der Waals surface area contributed by atoms with Gasteiger partial charge in [-0.3, -0.25) is 0 Å². The van der Waals surface area contributed by atoms with Crippen LogP contribution in [-0.2, 0) is 16.9 Å². The van der Waals surface area contributed by atoms with Gasteiger partial charge in [0.05, 0.1) is 18.2 Å². The maximum absolute atomic E-state index is 13.4. The molecule has 0 aromatic heterocycles. The van der Waals surface area contributed by atoms with Gasteiger partial charge in [0.1, 0.15) is 11.4 Å². The molecule has 2 atom stereocenters. The van der Waals surface area contributed by atoms with Gasteiger partial charge in [0.25, 0.3) is 0 Å². The van der Waals surface area contributed by atoms with E-state index in [4.69, 9.17) is 10.00 Å². The Morgan fingerprint density at radius 1 is 1.25 bits per heavy atom. The summed E-state index contributed by atoms with van der Waals surface area (Å²) in [4.78, 5) is 2.15. The van der Waals surface area contributed by atoms with E-state index in [0.717, 1.165) is 23.1 Å². The molecule has 0 spiro atoms. The van der Waals surface area contributed by atoms with Crippen LogP contribution in [0.4, 0.5) is 4.39 Å². The number of hydrogen-bond acceptors (Lipinski definition) is 3. The van der Waals surface area contributed by atoms with Crippen LogP contribution in [0.5, 0.6) is 0 Å². The second-order valence-electron chi connectivity index (χ2n) is 6.40. The Morgan fingerprint density at radius 3 is 2.54 bits per heavy atom. The lowest BCUT2D eigenvalue weighted by Gasteiger charge is -2.41. The molecule has 3 nitrogen and oxygen atoms in total. The molecule has 1 aliphatic rings. The van der Waals surface area contributed by atoms with Crippen LogP contribution in [-0.4, -0.2) is 25.0 Å². The maximum atomic E-state index is 13.4. The van der Waals surface area contributed by atoms with Crippen molar-refractivity contribution in [3.63, 3.8) is 0 Å². The Kier molecular flexibility index (Phi) is 4.40. The van der Waals surface area contributed by atoms with Gasteiger partial charge in [-0.2, -0.15) is 5.26 Å². The molecule has 0 fully saturated rings. The van der Waals surface area contributed by atoms with Crippen LogP contribution >= 0.6 is 0 Å². The van der Waals surface area contributed by atoms with Crippen molar-refractivity contribution in [3.05, 3.63) is 70.5 Å². The Morgan fingerprint density at radius 2 is 1.96 bits per heavy atom. The van der Waals surface area contributed by atoms with Crippen LogP contribution in [0.2, 0.25) is 0 Å². The zero-order chi connectivity index (χ0) is 17.3. The van der Waals surface area contributed by atoms with E-state index in [1.54, 1.807) is 12.1 Å². The fraction of sp³-hybridized carbons (Fsp3) is 0.350. The Hall–Kier alpha value is -2.22. The lowest BCUT2D eigenvalue weighted by Crippen LogP contribution is -2.48. The van der Waals surface area contributed by atoms with E-state index < -0.39 is 5.60 Å². The first-order chi connectivity index (χ1) is 11.5. The maximum Gasteiger partial charge on any atom is 0.134 e. The number of rotatable bonds is 4. The minimum atomic E-state index is -0.657. The number of fused-ring (bicyclic) bond motifs is 1. The molecule has 0 bridgehead atoms. The second kappa shape index (κ2) is 6.35. The van der Waals surface area contributed by atoms with E-state index in [2.05, 4.69) is 17.9 Å². The van der Waals surface area contributed by atoms with E-state index in [1.807, 2.05) is 32.3 Å². The molecule has 0 aliphatic carbocycles. The highest BCUT2D eigenvalue weighted by Crippen LogP contribution is 2.46. The predicted molar refractivity (Wildman–Crippen MR) is 90.9 cm³/mol. The quantitative estimate of drug-likeness (QED) is 0.858. The monoisotopic (exact) mass is 324 g/mol. The van der Waals surface area contributed by atoms with Crippen molar-refractivity contribution in [1.29, 1.82) is 5.26 Å². The van der Waals surface area contributed by atoms with Crippen molar-refractivity contribution < 1.29 is 9.13 Å². The molecule has 4 heteroatoms. The largest absolute Gasteiger partial charge is 0.359 e. The third-order valence-electron chi connectivity index (χ3n) is 4.84. The zero-order valence-electron chi connectivity index (χ0n) is 14.2. The van der Waals surface area contributed by atoms with Gasteiger partial charge >= 0.3 is 0 Å². The number of ether oxygens (including phenoxy) is 1. The van der Waals surface area contributed by atoms with E-state index in [0.29, 0.717) is 12.2 Å². The highest BCUT2D eigenvalue weighted by Gasteiger charge is 2.48. The van der Waals surface area contributed by atoms with Crippen LogP contribution in [0.15, 0.2) is 42.5 Å². The van der Waals surface area contributed by atoms with Crippen molar-refractivity contribution in [2.24, 2.45) is 0 Å². The number of hydrogen-bond donors (Lipinski definition) is 0. The Balaban J connectivity index is 2.23. The topological polar surface area (TPSA) is 36.3 Å². The molecular weight excluding hydrogens is 303 g/mol. The summed E-state index contributed by atoms with van der Waals surface area (Å²) in [6.07, 6.45) is 0.879. The molecule has 124 valence electrons. The van der Waals surface area contributed by atoms with Crippen molar-refractivity contribution >= 4 is 0 Å². The molecule has 1 unspecified atom stereocenters. The highest BCUT2D eigenvalue weighted by atomic mass is 19.1. The number of nitriles is 1. The van der Waals surface area contributed by atoms with Crippen molar-refractivity contribution in [2.45, 2.75) is 31.6 Å². The van der Waals surface area contributed by atoms with E-state index in [9.17, 15) is 4.39 Å². The number of halogens is 1. The fourth-order valence-corrected chi connectivity index (χ4v) is 3.83. The molecule has 24 heavy (non-hydrogen) atoms. The summed E-state index contributed by atoms with van der Waals surface area (Å²) in [6, 6.07) is 14.5. The van der Waals surface area contributed by atoms with Crippen LogP contribution < -0.4 is 0 Å². The molecule has 1 heterocycles. The lowest BCUT2D eigenvalue weighted by atomic mass is 9.78. The number of likely N-dealkylation sites (N-methyl/N-ethyl adjacent to an activating group) is 1. The minimum Gasteiger partial charge on any atom is -0.359 e.